The Morgan fingerprint density at radius 1 is 1.29 bits per heavy atom. The molecule has 1 aromatic carbocycles. The van der Waals surface area contributed by atoms with E-state index >= 15 is 0 Å². The van der Waals surface area contributed by atoms with Gasteiger partial charge in [0.25, 0.3) is 0 Å². The Hall–Kier alpha value is -2.01. The minimum absolute atomic E-state index is 0.0445. The third kappa shape index (κ3) is 5.57. The molecular weight excluding hydrogens is 304 g/mol. The highest BCUT2D eigenvalue weighted by Crippen LogP contribution is 2.28. The second-order valence-electron chi connectivity index (χ2n) is 6.35. The van der Waals surface area contributed by atoms with Gasteiger partial charge >= 0.3 is 0 Å². The highest BCUT2D eigenvalue weighted by atomic mass is 16.5. The molecule has 0 spiro atoms. The molecule has 2 rings (SSSR count). The lowest BCUT2D eigenvalue weighted by Crippen LogP contribution is -2.36. The van der Waals surface area contributed by atoms with E-state index in [4.69, 9.17) is 15.2 Å². The number of benzene rings is 1. The summed E-state index contributed by atoms with van der Waals surface area (Å²) in [6.45, 7) is 3.16. The van der Waals surface area contributed by atoms with E-state index in [2.05, 4.69) is 12.2 Å². The van der Waals surface area contributed by atoms with Crippen molar-refractivity contribution in [3.05, 3.63) is 29.8 Å². The number of nitrogens with two attached hydrogens (primary N) is 1. The Balaban J connectivity index is 1.91. The van der Waals surface area contributed by atoms with E-state index in [0.29, 0.717) is 30.7 Å². The lowest BCUT2D eigenvalue weighted by molar-refractivity contribution is -0.117. The molecule has 132 valence electrons. The third-order valence-electron chi connectivity index (χ3n) is 4.35. The first-order chi connectivity index (χ1) is 11.6. The molecule has 1 saturated carbocycles. The number of hydrogen-bond acceptors (Lipinski definition) is 4. The van der Waals surface area contributed by atoms with Gasteiger partial charge in [0.1, 0.15) is 6.61 Å². The van der Waals surface area contributed by atoms with Crippen LogP contribution in [0.4, 0.5) is 0 Å². The van der Waals surface area contributed by atoms with Crippen LogP contribution in [0.15, 0.2) is 24.3 Å². The first-order valence-electron chi connectivity index (χ1n) is 8.62. The first kappa shape index (κ1) is 18.3. The highest BCUT2D eigenvalue weighted by Gasteiger charge is 2.18. The number of carbonyl (C=O) groups is 1. The zero-order valence-corrected chi connectivity index (χ0v) is 14.6. The number of hydrogen-bond donors (Lipinski definition) is 2. The van der Waals surface area contributed by atoms with Crippen LogP contribution in [0.5, 0.6) is 11.5 Å². The van der Waals surface area contributed by atoms with Crippen molar-refractivity contribution in [2.24, 2.45) is 11.7 Å². The van der Waals surface area contributed by atoms with Gasteiger partial charge in [-0.3, -0.25) is 4.79 Å². The largest absolute Gasteiger partial charge is 0.493 e. The minimum Gasteiger partial charge on any atom is -0.493 e. The van der Waals surface area contributed by atoms with Gasteiger partial charge in [-0.2, -0.15) is 0 Å². The minimum atomic E-state index is -0.0445. The number of carbonyl (C=O) groups excluding carboxylic acids is 1. The van der Waals surface area contributed by atoms with E-state index in [0.717, 1.165) is 24.3 Å². The molecule has 0 saturated heterocycles. The number of methoxy groups -OCH3 is 1. The van der Waals surface area contributed by atoms with Crippen LogP contribution in [-0.4, -0.2) is 32.2 Å². The molecule has 5 nitrogen and oxygen atoms in total. The van der Waals surface area contributed by atoms with E-state index in [-0.39, 0.29) is 5.91 Å². The molecule has 24 heavy (non-hydrogen) atoms. The van der Waals surface area contributed by atoms with Gasteiger partial charge in [0.15, 0.2) is 11.5 Å². The molecule has 1 amide bonds. The molecule has 0 unspecified atom stereocenters. The number of amides is 1. The predicted molar refractivity (Wildman–Crippen MR) is 96.1 cm³/mol. The topological polar surface area (TPSA) is 73.6 Å². The van der Waals surface area contributed by atoms with Gasteiger partial charge in [0, 0.05) is 18.7 Å². The van der Waals surface area contributed by atoms with E-state index in [1.807, 2.05) is 18.2 Å². The highest BCUT2D eigenvalue weighted by molar-refractivity contribution is 5.92. The van der Waals surface area contributed by atoms with Crippen molar-refractivity contribution in [1.29, 1.82) is 0 Å². The first-order valence-corrected chi connectivity index (χ1v) is 8.62. The van der Waals surface area contributed by atoms with Crippen LogP contribution < -0.4 is 20.5 Å². The molecule has 0 radical (unpaired) electrons. The fourth-order valence-corrected chi connectivity index (χ4v) is 2.90. The average Bonchev–Trinajstić information content (AvgIpc) is 2.60. The van der Waals surface area contributed by atoms with Crippen LogP contribution in [0.1, 0.15) is 38.2 Å². The molecule has 5 heteroatoms. The van der Waals surface area contributed by atoms with E-state index in [1.165, 1.54) is 12.8 Å². The number of ether oxygens (including phenoxy) is 2. The van der Waals surface area contributed by atoms with Crippen molar-refractivity contribution in [2.45, 2.75) is 38.6 Å². The molecule has 1 aromatic rings. The Morgan fingerprint density at radius 3 is 2.71 bits per heavy atom. The van der Waals surface area contributed by atoms with Crippen LogP contribution in [0, 0.1) is 5.92 Å². The second kappa shape index (κ2) is 9.33. The number of rotatable bonds is 7. The maximum absolute atomic E-state index is 12.1. The average molecular weight is 332 g/mol. The molecule has 1 fully saturated rings. The van der Waals surface area contributed by atoms with Crippen molar-refractivity contribution in [3.63, 3.8) is 0 Å². The van der Waals surface area contributed by atoms with Crippen LogP contribution in [0.2, 0.25) is 0 Å². The van der Waals surface area contributed by atoms with Crippen LogP contribution in [0.3, 0.4) is 0 Å². The third-order valence-corrected chi connectivity index (χ3v) is 4.35. The van der Waals surface area contributed by atoms with Crippen LogP contribution in [0.25, 0.3) is 6.08 Å². The summed E-state index contributed by atoms with van der Waals surface area (Å²) in [5.41, 5.74) is 6.33. The second-order valence-corrected chi connectivity index (χ2v) is 6.35. The molecule has 0 bridgehead atoms. The SMILES string of the molecule is COc1cc(C=CC(=O)N[C@H]2CC[C@H](C)CC2)ccc1OCCN. The van der Waals surface area contributed by atoms with Crippen molar-refractivity contribution >= 4 is 12.0 Å². The van der Waals surface area contributed by atoms with Gasteiger partial charge in [-0.05, 0) is 55.4 Å². The summed E-state index contributed by atoms with van der Waals surface area (Å²) in [6.07, 6.45) is 7.89. The summed E-state index contributed by atoms with van der Waals surface area (Å²) in [6, 6.07) is 5.87. The summed E-state index contributed by atoms with van der Waals surface area (Å²) >= 11 is 0. The lowest BCUT2D eigenvalue weighted by Gasteiger charge is -2.26. The zero-order chi connectivity index (χ0) is 17.4. The summed E-state index contributed by atoms with van der Waals surface area (Å²) < 4.78 is 10.8. The van der Waals surface area contributed by atoms with Gasteiger partial charge in [-0.25, -0.2) is 0 Å². The monoisotopic (exact) mass is 332 g/mol. The Kier molecular flexibility index (Phi) is 7.12. The van der Waals surface area contributed by atoms with Crippen molar-refractivity contribution in [3.8, 4) is 11.5 Å². The standard InChI is InChI=1S/C19H28N2O3/c1-14-3-7-16(8-4-14)21-19(22)10-6-15-5-9-17(24-12-11-20)18(13-15)23-2/h5-6,9-10,13-14,16H,3-4,7-8,11-12,20H2,1-2H3,(H,21,22)/t14-,16-. The maximum Gasteiger partial charge on any atom is 0.244 e. The van der Waals surface area contributed by atoms with Gasteiger partial charge in [0.2, 0.25) is 5.91 Å². The molecular formula is C19H28N2O3. The van der Waals surface area contributed by atoms with E-state index in [9.17, 15) is 4.79 Å². The van der Waals surface area contributed by atoms with Crippen molar-refractivity contribution in [1.82, 2.24) is 5.32 Å². The van der Waals surface area contributed by atoms with E-state index in [1.54, 1.807) is 19.3 Å². The fourth-order valence-electron chi connectivity index (χ4n) is 2.90. The smallest absolute Gasteiger partial charge is 0.244 e. The summed E-state index contributed by atoms with van der Waals surface area (Å²) in [5.74, 6) is 2.02. The molecule has 3 N–H and O–H groups in total. The molecule has 0 aromatic heterocycles. The van der Waals surface area contributed by atoms with Crippen LogP contribution >= 0.6 is 0 Å². The normalized spacial score (nSPS) is 20.8. The lowest BCUT2D eigenvalue weighted by atomic mass is 9.87. The van der Waals surface area contributed by atoms with Gasteiger partial charge in [-0.1, -0.05) is 13.0 Å². The van der Waals surface area contributed by atoms with Crippen molar-refractivity contribution in [2.75, 3.05) is 20.3 Å². The van der Waals surface area contributed by atoms with Crippen molar-refractivity contribution < 1.29 is 14.3 Å². The summed E-state index contributed by atoms with van der Waals surface area (Å²) in [4.78, 5) is 12.1. The summed E-state index contributed by atoms with van der Waals surface area (Å²) in [5, 5.41) is 3.08. The number of nitrogens with one attached hydrogen (secondary N) is 1. The zero-order valence-electron chi connectivity index (χ0n) is 14.6. The fraction of sp³-hybridized carbons (Fsp3) is 0.526. The molecule has 0 heterocycles. The maximum atomic E-state index is 12.1. The Labute approximate surface area is 144 Å². The molecule has 0 atom stereocenters. The quantitative estimate of drug-likeness (QED) is 0.753. The molecule has 0 aliphatic heterocycles. The Morgan fingerprint density at radius 2 is 2.04 bits per heavy atom. The van der Waals surface area contributed by atoms with E-state index < -0.39 is 0 Å². The predicted octanol–water partition coefficient (Wildman–Crippen LogP) is 2.74. The van der Waals surface area contributed by atoms with Crippen LogP contribution in [-0.2, 0) is 4.79 Å². The van der Waals surface area contributed by atoms with Gasteiger partial charge in [0.05, 0.1) is 7.11 Å². The summed E-state index contributed by atoms with van der Waals surface area (Å²) in [7, 11) is 1.59. The molecule has 1 aliphatic rings. The molecule has 1 aliphatic carbocycles. The van der Waals surface area contributed by atoms with Gasteiger partial charge in [-0.15, -0.1) is 0 Å². The van der Waals surface area contributed by atoms with Gasteiger partial charge < -0.3 is 20.5 Å². The Bertz CT molecular complexity index is 564.